The summed E-state index contributed by atoms with van der Waals surface area (Å²) in [5.41, 5.74) is 1.20. The molecule has 0 saturated heterocycles. The molecule has 0 N–H and O–H groups in total. The van der Waals surface area contributed by atoms with Crippen molar-refractivity contribution in [1.82, 2.24) is 9.78 Å². The van der Waals surface area contributed by atoms with Crippen LogP contribution in [0.15, 0.2) is 29.0 Å². The van der Waals surface area contributed by atoms with Crippen LogP contribution in [-0.2, 0) is 6.54 Å². The average molecular weight is 215 g/mol. The first kappa shape index (κ1) is 8.53. The van der Waals surface area contributed by atoms with Crippen molar-refractivity contribution in [2.75, 3.05) is 0 Å². The van der Waals surface area contributed by atoms with Crippen LogP contribution in [0.3, 0.4) is 0 Å². The lowest BCUT2D eigenvalue weighted by Gasteiger charge is -2.00. The highest BCUT2D eigenvalue weighted by Gasteiger charge is 1.95. The van der Waals surface area contributed by atoms with Crippen LogP contribution in [0.25, 0.3) is 0 Å². The Hall–Kier alpha value is -0.570. The standard InChI is InChI=1S/C8H11BrN2/c1-3-7(2)5-11-6-8(9)4-10-11/h4,6H,2-3,5H2,1H3. The first-order chi connectivity index (χ1) is 5.22. The fraction of sp³-hybridized carbons (Fsp3) is 0.375. The van der Waals surface area contributed by atoms with Gasteiger partial charge in [-0.2, -0.15) is 5.10 Å². The Labute approximate surface area is 75.0 Å². The molecular formula is C8H11BrN2. The van der Waals surface area contributed by atoms with Crippen LogP contribution >= 0.6 is 15.9 Å². The molecule has 60 valence electrons. The van der Waals surface area contributed by atoms with Gasteiger partial charge in [-0.3, -0.25) is 4.68 Å². The molecule has 11 heavy (non-hydrogen) atoms. The first-order valence-corrected chi connectivity index (χ1v) is 4.36. The number of hydrogen-bond donors (Lipinski definition) is 0. The van der Waals surface area contributed by atoms with Crippen LogP contribution in [0.1, 0.15) is 13.3 Å². The molecule has 0 saturated carbocycles. The maximum atomic E-state index is 4.11. The van der Waals surface area contributed by atoms with Gasteiger partial charge in [-0.05, 0) is 22.4 Å². The third kappa shape index (κ3) is 2.50. The molecule has 0 aliphatic rings. The van der Waals surface area contributed by atoms with E-state index in [1.54, 1.807) is 6.20 Å². The summed E-state index contributed by atoms with van der Waals surface area (Å²) in [5.74, 6) is 0. The van der Waals surface area contributed by atoms with Crippen molar-refractivity contribution < 1.29 is 0 Å². The minimum absolute atomic E-state index is 0.822. The monoisotopic (exact) mass is 214 g/mol. The molecule has 1 aromatic rings. The van der Waals surface area contributed by atoms with Gasteiger partial charge in [-0.1, -0.05) is 19.1 Å². The number of halogens is 1. The van der Waals surface area contributed by atoms with E-state index in [9.17, 15) is 0 Å². The van der Waals surface area contributed by atoms with Gasteiger partial charge in [-0.15, -0.1) is 0 Å². The summed E-state index contributed by atoms with van der Waals surface area (Å²) in [7, 11) is 0. The quantitative estimate of drug-likeness (QED) is 0.708. The maximum absolute atomic E-state index is 4.11. The van der Waals surface area contributed by atoms with Crippen LogP contribution < -0.4 is 0 Å². The van der Waals surface area contributed by atoms with E-state index in [0.717, 1.165) is 17.4 Å². The molecule has 0 amide bonds. The minimum atomic E-state index is 0.822. The molecule has 0 unspecified atom stereocenters. The molecule has 0 atom stereocenters. The molecule has 2 nitrogen and oxygen atoms in total. The van der Waals surface area contributed by atoms with E-state index in [0.29, 0.717) is 0 Å². The zero-order valence-electron chi connectivity index (χ0n) is 6.55. The smallest absolute Gasteiger partial charge is 0.0632 e. The summed E-state index contributed by atoms with van der Waals surface area (Å²) in [6.07, 6.45) is 4.74. The van der Waals surface area contributed by atoms with Crippen molar-refractivity contribution in [3.8, 4) is 0 Å². The molecular weight excluding hydrogens is 204 g/mol. The van der Waals surface area contributed by atoms with Gasteiger partial charge in [0.25, 0.3) is 0 Å². The predicted molar refractivity (Wildman–Crippen MR) is 49.4 cm³/mol. The van der Waals surface area contributed by atoms with Gasteiger partial charge < -0.3 is 0 Å². The fourth-order valence-corrected chi connectivity index (χ4v) is 1.09. The second kappa shape index (κ2) is 3.72. The van der Waals surface area contributed by atoms with Crippen molar-refractivity contribution in [3.63, 3.8) is 0 Å². The van der Waals surface area contributed by atoms with Crippen molar-refractivity contribution >= 4 is 15.9 Å². The molecule has 0 spiro atoms. The lowest BCUT2D eigenvalue weighted by molar-refractivity contribution is 0.664. The highest BCUT2D eigenvalue weighted by Crippen LogP contribution is 2.08. The number of nitrogens with zero attached hydrogens (tertiary/aromatic N) is 2. The molecule has 0 aliphatic carbocycles. The summed E-state index contributed by atoms with van der Waals surface area (Å²) in [5, 5.41) is 4.11. The number of rotatable bonds is 3. The lowest BCUT2D eigenvalue weighted by Crippen LogP contribution is -1.99. The van der Waals surface area contributed by atoms with Gasteiger partial charge in [-0.25, -0.2) is 0 Å². The van der Waals surface area contributed by atoms with E-state index in [1.807, 2.05) is 10.9 Å². The summed E-state index contributed by atoms with van der Waals surface area (Å²) in [6.45, 7) is 6.82. The van der Waals surface area contributed by atoms with E-state index in [4.69, 9.17) is 0 Å². The molecule has 0 aliphatic heterocycles. The highest BCUT2D eigenvalue weighted by atomic mass is 79.9. The van der Waals surface area contributed by atoms with Crippen LogP contribution in [-0.4, -0.2) is 9.78 Å². The first-order valence-electron chi connectivity index (χ1n) is 3.57. The Balaban J connectivity index is 2.57. The Morgan fingerprint density at radius 3 is 3.00 bits per heavy atom. The zero-order valence-corrected chi connectivity index (χ0v) is 8.13. The van der Waals surface area contributed by atoms with E-state index in [-0.39, 0.29) is 0 Å². The molecule has 3 heteroatoms. The maximum Gasteiger partial charge on any atom is 0.0632 e. The summed E-state index contributed by atoms with van der Waals surface area (Å²) in [4.78, 5) is 0. The van der Waals surface area contributed by atoms with Gasteiger partial charge in [0.2, 0.25) is 0 Å². The van der Waals surface area contributed by atoms with Crippen LogP contribution in [0.5, 0.6) is 0 Å². The molecule has 1 rings (SSSR count). The SMILES string of the molecule is C=C(CC)Cn1cc(Br)cn1. The summed E-state index contributed by atoms with van der Waals surface area (Å²) >= 11 is 3.33. The largest absolute Gasteiger partial charge is 0.268 e. The number of hydrogen-bond acceptors (Lipinski definition) is 1. The van der Waals surface area contributed by atoms with Gasteiger partial charge in [0.1, 0.15) is 0 Å². The number of aromatic nitrogens is 2. The van der Waals surface area contributed by atoms with Crippen molar-refractivity contribution in [3.05, 3.63) is 29.0 Å². The Morgan fingerprint density at radius 1 is 1.82 bits per heavy atom. The van der Waals surface area contributed by atoms with Crippen molar-refractivity contribution in [2.24, 2.45) is 0 Å². The molecule has 0 bridgehead atoms. The molecule has 0 fully saturated rings. The molecule has 1 aromatic heterocycles. The van der Waals surface area contributed by atoms with Crippen LogP contribution in [0.2, 0.25) is 0 Å². The molecule has 0 aromatic carbocycles. The third-order valence-electron chi connectivity index (χ3n) is 1.49. The fourth-order valence-electron chi connectivity index (χ4n) is 0.766. The van der Waals surface area contributed by atoms with Gasteiger partial charge in [0.15, 0.2) is 0 Å². The Bertz CT molecular complexity index is 252. The summed E-state index contributed by atoms with van der Waals surface area (Å²) in [6, 6.07) is 0. The van der Waals surface area contributed by atoms with Crippen LogP contribution in [0.4, 0.5) is 0 Å². The van der Waals surface area contributed by atoms with E-state index < -0.39 is 0 Å². The van der Waals surface area contributed by atoms with E-state index in [2.05, 4.69) is 34.5 Å². The molecule has 1 heterocycles. The second-order valence-corrected chi connectivity index (χ2v) is 3.38. The lowest BCUT2D eigenvalue weighted by atomic mass is 10.2. The van der Waals surface area contributed by atoms with Crippen molar-refractivity contribution in [2.45, 2.75) is 19.9 Å². The Morgan fingerprint density at radius 2 is 2.55 bits per heavy atom. The number of allylic oxidation sites excluding steroid dienone is 1. The minimum Gasteiger partial charge on any atom is -0.268 e. The van der Waals surface area contributed by atoms with Gasteiger partial charge in [0.05, 0.1) is 17.2 Å². The van der Waals surface area contributed by atoms with Crippen LogP contribution in [0, 0.1) is 0 Å². The van der Waals surface area contributed by atoms with Gasteiger partial charge >= 0.3 is 0 Å². The summed E-state index contributed by atoms with van der Waals surface area (Å²) < 4.78 is 2.89. The predicted octanol–water partition coefficient (Wildman–Crippen LogP) is 2.61. The Kier molecular flexibility index (Phi) is 2.88. The normalized spacial score (nSPS) is 10.0. The van der Waals surface area contributed by atoms with Crippen molar-refractivity contribution in [1.29, 1.82) is 0 Å². The topological polar surface area (TPSA) is 17.8 Å². The van der Waals surface area contributed by atoms with E-state index in [1.165, 1.54) is 5.57 Å². The molecule has 0 radical (unpaired) electrons. The second-order valence-electron chi connectivity index (χ2n) is 2.46. The van der Waals surface area contributed by atoms with E-state index >= 15 is 0 Å². The average Bonchev–Trinajstić information content (AvgIpc) is 2.35. The zero-order chi connectivity index (χ0) is 8.27. The highest BCUT2D eigenvalue weighted by molar-refractivity contribution is 9.10. The third-order valence-corrected chi connectivity index (χ3v) is 1.90. The van der Waals surface area contributed by atoms with Gasteiger partial charge in [0, 0.05) is 6.20 Å².